The standard InChI is InChI=1S/C12H17NO3/c1-9(2)16-11-6-4-10(5-7-11)8-13(3)12(14)15/h4-7,9H,8H2,1-3H3,(H,14,15). The van der Waals surface area contributed by atoms with Gasteiger partial charge in [-0.2, -0.15) is 0 Å². The predicted octanol–water partition coefficient (Wildman–Crippen LogP) is 2.58. The number of hydrogen-bond donors (Lipinski definition) is 1. The first kappa shape index (κ1) is 12.4. The van der Waals surface area contributed by atoms with Gasteiger partial charge in [0.05, 0.1) is 6.10 Å². The van der Waals surface area contributed by atoms with Crippen LogP contribution in [0.3, 0.4) is 0 Å². The van der Waals surface area contributed by atoms with Crippen LogP contribution in [0.4, 0.5) is 4.79 Å². The van der Waals surface area contributed by atoms with Crippen molar-refractivity contribution in [1.29, 1.82) is 0 Å². The van der Waals surface area contributed by atoms with E-state index in [-0.39, 0.29) is 6.10 Å². The van der Waals surface area contributed by atoms with Crippen molar-refractivity contribution in [2.24, 2.45) is 0 Å². The van der Waals surface area contributed by atoms with Gasteiger partial charge in [-0.3, -0.25) is 0 Å². The molecule has 1 aromatic rings. The molecule has 0 atom stereocenters. The van der Waals surface area contributed by atoms with Crippen LogP contribution in [0.5, 0.6) is 5.75 Å². The van der Waals surface area contributed by atoms with Gasteiger partial charge in [-0.05, 0) is 31.5 Å². The molecule has 4 nitrogen and oxygen atoms in total. The molecule has 1 N–H and O–H groups in total. The van der Waals surface area contributed by atoms with E-state index in [2.05, 4.69) is 0 Å². The first-order chi connectivity index (χ1) is 7.49. The lowest BCUT2D eigenvalue weighted by Crippen LogP contribution is -2.23. The Morgan fingerprint density at radius 2 is 1.94 bits per heavy atom. The second kappa shape index (κ2) is 5.39. The van der Waals surface area contributed by atoms with Gasteiger partial charge >= 0.3 is 6.09 Å². The molecule has 1 amide bonds. The van der Waals surface area contributed by atoms with Crippen molar-refractivity contribution in [2.45, 2.75) is 26.5 Å². The van der Waals surface area contributed by atoms with Crippen molar-refractivity contribution in [3.05, 3.63) is 29.8 Å². The van der Waals surface area contributed by atoms with Crippen molar-refractivity contribution in [1.82, 2.24) is 4.90 Å². The molecule has 0 aromatic heterocycles. The highest BCUT2D eigenvalue weighted by Gasteiger charge is 2.06. The number of hydrogen-bond acceptors (Lipinski definition) is 2. The van der Waals surface area contributed by atoms with Crippen LogP contribution in [0, 0.1) is 0 Å². The van der Waals surface area contributed by atoms with E-state index in [1.54, 1.807) is 7.05 Å². The second-order valence-electron chi connectivity index (χ2n) is 3.95. The maximum absolute atomic E-state index is 10.6. The molecule has 0 aliphatic carbocycles. The van der Waals surface area contributed by atoms with Crippen molar-refractivity contribution < 1.29 is 14.6 Å². The van der Waals surface area contributed by atoms with E-state index >= 15 is 0 Å². The SMILES string of the molecule is CC(C)Oc1ccc(CN(C)C(=O)O)cc1. The summed E-state index contributed by atoms with van der Waals surface area (Å²) in [6.07, 6.45) is -0.782. The third kappa shape index (κ3) is 3.81. The Kier molecular flexibility index (Phi) is 4.17. The molecular weight excluding hydrogens is 206 g/mol. The zero-order valence-corrected chi connectivity index (χ0v) is 9.80. The third-order valence-electron chi connectivity index (χ3n) is 2.04. The van der Waals surface area contributed by atoms with Crippen molar-refractivity contribution in [2.75, 3.05) is 7.05 Å². The Bertz CT molecular complexity index is 346. The Morgan fingerprint density at radius 3 is 2.38 bits per heavy atom. The molecular formula is C12H17NO3. The van der Waals surface area contributed by atoms with E-state index in [9.17, 15) is 4.79 Å². The van der Waals surface area contributed by atoms with Crippen LogP contribution in [0.1, 0.15) is 19.4 Å². The van der Waals surface area contributed by atoms with Crippen LogP contribution in [-0.4, -0.2) is 29.3 Å². The summed E-state index contributed by atoms with van der Waals surface area (Å²) in [5.41, 5.74) is 0.945. The van der Waals surface area contributed by atoms with Crippen molar-refractivity contribution in [3.8, 4) is 5.75 Å². The van der Waals surface area contributed by atoms with E-state index in [1.807, 2.05) is 38.1 Å². The number of carboxylic acid groups (broad SMARTS) is 1. The molecule has 0 radical (unpaired) electrons. The summed E-state index contributed by atoms with van der Waals surface area (Å²) in [5.74, 6) is 0.803. The fraction of sp³-hybridized carbons (Fsp3) is 0.417. The summed E-state index contributed by atoms with van der Waals surface area (Å²) < 4.78 is 5.49. The molecule has 4 heteroatoms. The van der Waals surface area contributed by atoms with E-state index in [1.165, 1.54) is 4.90 Å². The van der Waals surface area contributed by atoms with Gasteiger partial charge in [0.15, 0.2) is 0 Å². The summed E-state index contributed by atoms with van der Waals surface area (Å²) >= 11 is 0. The minimum absolute atomic E-state index is 0.146. The fourth-order valence-electron chi connectivity index (χ4n) is 1.29. The molecule has 0 bridgehead atoms. The number of carbonyl (C=O) groups is 1. The molecule has 16 heavy (non-hydrogen) atoms. The monoisotopic (exact) mass is 223 g/mol. The lowest BCUT2D eigenvalue weighted by molar-refractivity contribution is 0.153. The van der Waals surface area contributed by atoms with Crippen LogP contribution in [-0.2, 0) is 6.54 Å². The molecule has 0 unspecified atom stereocenters. The summed E-state index contributed by atoms with van der Waals surface area (Å²) in [4.78, 5) is 11.9. The maximum atomic E-state index is 10.6. The summed E-state index contributed by atoms with van der Waals surface area (Å²) in [5, 5.41) is 8.72. The molecule has 0 aliphatic rings. The van der Waals surface area contributed by atoms with Gasteiger partial charge in [0.2, 0.25) is 0 Å². The van der Waals surface area contributed by atoms with Gasteiger partial charge in [-0.25, -0.2) is 4.79 Å². The summed E-state index contributed by atoms with van der Waals surface area (Å²) in [6.45, 7) is 4.32. The number of rotatable bonds is 4. The Labute approximate surface area is 95.5 Å². The third-order valence-corrected chi connectivity index (χ3v) is 2.04. The number of amides is 1. The Balaban J connectivity index is 2.61. The zero-order valence-electron chi connectivity index (χ0n) is 9.80. The van der Waals surface area contributed by atoms with Gasteiger partial charge < -0.3 is 14.7 Å². The summed E-state index contributed by atoms with van der Waals surface area (Å²) in [7, 11) is 1.54. The van der Waals surface area contributed by atoms with Gasteiger partial charge in [0.25, 0.3) is 0 Å². The van der Waals surface area contributed by atoms with Gasteiger partial charge in [0, 0.05) is 13.6 Å². The number of ether oxygens (including phenoxy) is 1. The molecule has 0 saturated carbocycles. The fourth-order valence-corrected chi connectivity index (χ4v) is 1.29. The van der Waals surface area contributed by atoms with E-state index in [4.69, 9.17) is 9.84 Å². The van der Waals surface area contributed by atoms with Crippen LogP contribution in [0.2, 0.25) is 0 Å². The molecule has 0 heterocycles. The molecule has 0 fully saturated rings. The van der Waals surface area contributed by atoms with E-state index < -0.39 is 6.09 Å². The van der Waals surface area contributed by atoms with E-state index in [0.717, 1.165) is 11.3 Å². The first-order valence-electron chi connectivity index (χ1n) is 5.18. The predicted molar refractivity (Wildman–Crippen MR) is 61.7 cm³/mol. The largest absolute Gasteiger partial charge is 0.491 e. The van der Waals surface area contributed by atoms with Gasteiger partial charge in [0.1, 0.15) is 5.75 Å². The average molecular weight is 223 g/mol. The second-order valence-corrected chi connectivity index (χ2v) is 3.95. The minimum Gasteiger partial charge on any atom is -0.491 e. The molecule has 1 aromatic carbocycles. The Hall–Kier alpha value is -1.71. The molecule has 0 saturated heterocycles. The normalized spacial score (nSPS) is 10.2. The smallest absolute Gasteiger partial charge is 0.407 e. The maximum Gasteiger partial charge on any atom is 0.407 e. The molecule has 0 spiro atoms. The minimum atomic E-state index is -0.928. The number of nitrogens with zero attached hydrogens (tertiary/aromatic N) is 1. The Morgan fingerprint density at radius 1 is 1.38 bits per heavy atom. The highest BCUT2D eigenvalue weighted by molar-refractivity contribution is 5.64. The van der Waals surface area contributed by atoms with Crippen LogP contribution in [0.25, 0.3) is 0 Å². The van der Waals surface area contributed by atoms with Crippen LogP contribution >= 0.6 is 0 Å². The number of benzene rings is 1. The summed E-state index contributed by atoms with van der Waals surface area (Å²) in [6, 6.07) is 7.45. The molecule has 88 valence electrons. The van der Waals surface area contributed by atoms with Crippen molar-refractivity contribution in [3.63, 3.8) is 0 Å². The molecule has 0 aliphatic heterocycles. The zero-order chi connectivity index (χ0) is 12.1. The van der Waals surface area contributed by atoms with E-state index in [0.29, 0.717) is 6.54 Å². The van der Waals surface area contributed by atoms with Gasteiger partial charge in [-0.1, -0.05) is 12.1 Å². The lowest BCUT2D eigenvalue weighted by Gasteiger charge is -2.14. The highest BCUT2D eigenvalue weighted by Crippen LogP contribution is 2.14. The van der Waals surface area contributed by atoms with Crippen LogP contribution < -0.4 is 4.74 Å². The topological polar surface area (TPSA) is 49.8 Å². The molecule has 1 rings (SSSR count). The quantitative estimate of drug-likeness (QED) is 0.853. The first-order valence-corrected chi connectivity index (χ1v) is 5.18. The lowest BCUT2D eigenvalue weighted by atomic mass is 10.2. The van der Waals surface area contributed by atoms with Gasteiger partial charge in [-0.15, -0.1) is 0 Å². The average Bonchev–Trinajstić information content (AvgIpc) is 2.20. The van der Waals surface area contributed by atoms with Crippen LogP contribution in [0.15, 0.2) is 24.3 Å². The highest BCUT2D eigenvalue weighted by atomic mass is 16.5. The van der Waals surface area contributed by atoms with Crippen molar-refractivity contribution >= 4 is 6.09 Å².